The maximum atomic E-state index is 10.8. The predicted molar refractivity (Wildman–Crippen MR) is 42.3 cm³/mol. The van der Waals surface area contributed by atoms with Gasteiger partial charge in [0, 0.05) is 11.5 Å². The third kappa shape index (κ3) is 3.51. The molecule has 0 spiro atoms. The fourth-order valence-corrected chi connectivity index (χ4v) is 0.903. The molecule has 0 saturated heterocycles. The van der Waals surface area contributed by atoms with Gasteiger partial charge in [0.1, 0.15) is 12.2 Å². The molecule has 0 saturated carbocycles. The molecule has 0 aliphatic heterocycles. The van der Waals surface area contributed by atoms with Crippen molar-refractivity contribution in [2.24, 2.45) is 0 Å². The molecule has 0 aliphatic rings. The van der Waals surface area contributed by atoms with E-state index >= 15 is 0 Å². The number of ketones is 1. The van der Waals surface area contributed by atoms with E-state index in [1.807, 2.05) is 0 Å². The van der Waals surface area contributed by atoms with Gasteiger partial charge in [-0.1, -0.05) is 18.2 Å². The SMILES string of the molecule is C=C(Cl)CC(C)(O)C(=O)CO. The van der Waals surface area contributed by atoms with Crippen LogP contribution in [0.15, 0.2) is 11.6 Å². The Morgan fingerprint density at radius 2 is 2.18 bits per heavy atom. The molecule has 0 fully saturated rings. The van der Waals surface area contributed by atoms with Crippen LogP contribution in [0.1, 0.15) is 13.3 Å². The lowest BCUT2D eigenvalue weighted by atomic mass is 9.97. The Bertz CT molecular complexity index is 175. The molecule has 1 unspecified atom stereocenters. The van der Waals surface area contributed by atoms with E-state index in [-0.39, 0.29) is 11.5 Å². The van der Waals surface area contributed by atoms with Crippen molar-refractivity contribution in [3.8, 4) is 0 Å². The van der Waals surface area contributed by atoms with Crippen molar-refractivity contribution in [2.45, 2.75) is 18.9 Å². The minimum Gasteiger partial charge on any atom is -0.388 e. The van der Waals surface area contributed by atoms with E-state index in [1.54, 1.807) is 0 Å². The van der Waals surface area contributed by atoms with Gasteiger partial charge in [0.2, 0.25) is 0 Å². The molecule has 0 aliphatic carbocycles. The van der Waals surface area contributed by atoms with Crippen LogP contribution in [-0.2, 0) is 4.79 Å². The highest BCUT2D eigenvalue weighted by Crippen LogP contribution is 2.18. The van der Waals surface area contributed by atoms with Crippen LogP contribution in [0.5, 0.6) is 0 Å². The highest BCUT2D eigenvalue weighted by molar-refractivity contribution is 6.29. The summed E-state index contributed by atoms with van der Waals surface area (Å²) in [6, 6.07) is 0. The van der Waals surface area contributed by atoms with E-state index in [2.05, 4.69) is 6.58 Å². The molecule has 11 heavy (non-hydrogen) atoms. The zero-order chi connectivity index (χ0) is 9.07. The van der Waals surface area contributed by atoms with Crippen LogP contribution in [0.2, 0.25) is 0 Å². The molecule has 0 aromatic rings. The van der Waals surface area contributed by atoms with E-state index in [0.717, 1.165) is 0 Å². The third-order valence-electron chi connectivity index (χ3n) is 1.28. The second kappa shape index (κ2) is 3.85. The first-order chi connectivity index (χ1) is 4.90. The molecule has 1 atom stereocenters. The van der Waals surface area contributed by atoms with Crippen molar-refractivity contribution in [3.63, 3.8) is 0 Å². The number of carbonyl (C=O) groups is 1. The Morgan fingerprint density at radius 3 is 2.45 bits per heavy atom. The number of halogens is 1. The highest BCUT2D eigenvalue weighted by Gasteiger charge is 2.29. The van der Waals surface area contributed by atoms with Crippen LogP contribution in [-0.4, -0.2) is 28.2 Å². The molecule has 4 heteroatoms. The minimum atomic E-state index is -1.59. The van der Waals surface area contributed by atoms with Gasteiger partial charge in [-0.05, 0) is 6.92 Å². The molecular weight excluding hydrogens is 168 g/mol. The number of hydrogen-bond acceptors (Lipinski definition) is 3. The third-order valence-corrected chi connectivity index (χ3v) is 1.41. The first kappa shape index (κ1) is 10.6. The fourth-order valence-electron chi connectivity index (χ4n) is 0.642. The maximum Gasteiger partial charge on any atom is 0.189 e. The Hall–Kier alpha value is -0.380. The van der Waals surface area contributed by atoms with Gasteiger partial charge < -0.3 is 10.2 Å². The van der Waals surface area contributed by atoms with Crippen molar-refractivity contribution in [2.75, 3.05) is 6.61 Å². The van der Waals surface area contributed by atoms with Gasteiger partial charge in [0.25, 0.3) is 0 Å². The Kier molecular flexibility index (Phi) is 3.72. The fraction of sp³-hybridized carbons (Fsp3) is 0.571. The monoisotopic (exact) mass is 178 g/mol. The van der Waals surface area contributed by atoms with Gasteiger partial charge in [-0.25, -0.2) is 0 Å². The van der Waals surface area contributed by atoms with Crippen LogP contribution in [0.3, 0.4) is 0 Å². The molecule has 3 nitrogen and oxygen atoms in total. The summed E-state index contributed by atoms with van der Waals surface area (Å²) in [6.45, 7) is 3.94. The van der Waals surface area contributed by atoms with Crippen molar-refractivity contribution in [1.29, 1.82) is 0 Å². The molecule has 0 rings (SSSR count). The Balaban J connectivity index is 4.21. The molecule has 0 bridgehead atoms. The summed E-state index contributed by atoms with van der Waals surface area (Å²) < 4.78 is 0. The van der Waals surface area contributed by atoms with Crippen LogP contribution in [0.25, 0.3) is 0 Å². The number of aliphatic hydroxyl groups is 2. The Morgan fingerprint density at radius 1 is 1.73 bits per heavy atom. The van der Waals surface area contributed by atoms with E-state index in [1.165, 1.54) is 6.92 Å². The van der Waals surface area contributed by atoms with Crippen LogP contribution in [0, 0.1) is 0 Å². The molecule has 0 aromatic carbocycles. The number of hydrogen-bond donors (Lipinski definition) is 2. The van der Waals surface area contributed by atoms with E-state index in [0.29, 0.717) is 0 Å². The second-order valence-corrected chi connectivity index (χ2v) is 3.08. The minimum absolute atomic E-state index is 0.0338. The van der Waals surface area contributed by atoms with Crippen molar-refractivity contribution in [1.82, 2.24) is 0 Å². The van der Waals surface area contributed by atoms with Gasteiger partial charge >= 0.3 is 0 Å². The Labute approximate surface area is 70.3 Å². The number of aliphatic hydroxyl groups excluding tert-OH is 1. The van der Waals surface area contributed by atoms with Crippen molar-refractivity contribution < 1.29 is 15.0 Å². The summed E-state index contributed by atoms with van der Waals surface area (Å²) >= 11 is 5.38. The summed E-state index contributed by atoms with van der Waals surface area (Å²) in [5, 5.41) is 17.9. The summed E-state index contributed by atoms with van der Waals surface area (Å²) in [4.78, 5) is 10.8. The number of carbonyl (C=O) groups excluding carboxylic acids is 1. The average molecular weight is 179 g/mol. The van der Waals surface area contributed by atoms with Gasteiger partial charge in [0.05, 0.1) is 0 Å². The summed E-state index contributed by atoms with van der Waals surface area (Å²) in [5.74, 6) is -0.653. The summed E-state index contributed by atoms with van der Waals surface area (Å²) in [6.07, 6.45) is -0.0338. The van der Waals surface area contributed by atoms with Gasteiger partial charge in [-0.2, -0.15) is 0 Å². The number of rotatable bonds is 4. The summed E-state index contributed by atoms with van der Waals surface area (Å²) in [7, 11) is 0. The second-order valence-electron chi connectivity index (χ2n) is 2.55. The van der Waals surface area contributed by atoms with E-state index in [4.69, 9.17) is 16.7 Å². The lowest BCUT2D eigenvalue weighted by Crippen LogP contribution is -2.37. The number of Topliss-reactive ketones (excluding diaryl/α,β-unsaturated/α-hetero) is 1. The molecule has 0 heterocycles. The largest absolute Gasteiger partial charge is 0.388 e. The van der Waals surface area contributed by atoms with Gasteiger partial charge in [-0.15, -0.1) is 0 Å². The smallest absolute Gasteiger partial charge is 0.189 e. The normalized spacial score (nSPS) is 15.6. The molecule has 0 aromatic heterocycles. The molecule has 0 amide bonds. The lowest BCUT2D eigenvalue weighted by Gasteiger charge is -2.19. The molecule has 0 radical (unpaired) electrons. The molecule has 64 valence electrons. The van der Waals surface area contributed by atoms with Crippen molar-refractivity contribution in [3.05, 3.63) is 11.6 Å². The lowest BCUT2D eigenvalue weighted by molar-refractivity contribution is -0.138. The zero-order valence-corrected chi connectivity index (χ0v) is 7.06. The van der Waals surface area contributed by atoms with Crippen molar-refractivity contribution >= 4 is 17.4 Å². The predicted octanol–water partition coefficient (Wildman–Crippen LogP) is 0.441. The maximum absolute atomic E-state index is 10.8. The first-order valence-electron chi connectivity index (χ1n) is 3.10. The van der Waals surface area contributed by atoms with E-state index in [9.17, 15) is 9.90 Å². The average Bonchev–Trinajstić information content (AvgIpc) is 1.83. The van der Waals surface area contributed by atoms with Crippen LogP contribution >= 0.6 is 11.6 Å². The molecule has 2 N–H and O–H groups in total. The first-order valence-corrected chi connectivity index (χ1v) is 3.48. The quantitative estimate of drug-likeness (QED) is 0.657. The van der Waals surface area contributed by atoms with Gasteiger partial charge in [0.15, 0.2) is 5.78 Å². The highest BCUT2D eigenvalue weighted by atomic mass is 35.5. The van der Waals surface area contributed by atoms with Gasteiger partial charge in [-0.3, -0.25) is 4.79 Å². The molecular formula is C7H11ClO3. The van der Waals surface area contributed by atoms with Crippen LogP contribution < -0.4 is 0 Å². The summed E-state index contributed by atoms with van der Waals surface area (Å²) in [5.41, 5.74) is -1.59. The zero-order valence-electron chi connectivity index (χ0n) is 6.30. The van der Waals surface area contributed by atoms with E-state index < -0.39 is 18.0 Å². The topological polar surface area (TPSA) is 57.5 Å². The standard InChI is InChI=1S/C7H11ClO3/c1-5(8)3-7(2,11)6(10)4-9/h9,11H,1,3-4H2,2H3. The van der Waals surface area contributed by atoms with Crippen LogP contribution in [0.4, 0.5) is 0 Å².